The number of nitrogens with two attached hydrogens (primary N) is 1. The fourth-order valence-corrected chi connectivity index (χ4v) is 5.66. The zero-order chi connectivity index (χ0) is 26.2. The Morgan fingerprint density at radius 1 is 1.31 bits per heavy atom. The number of nitrogens with one attached hydrogen (secondary N) is 3. The van der Waals surface area contributed by atoms with Gasteiger partial charge in [-0.05, 0) is 50.6 Å². The zero-order valence-corrected chi connectivity index (χ0v) is 20.0. The van der Waals surface area contributed by atoms with E-state index in [-0.39, 0.29) is 6.04 Å². The van der Waals surface area contributed by atoms with E-state index in [0.29, 0.717) is 18.7 Å². The maximum absolute atomic E-state index is 13.1. The number of carbonyl (C=O) groups is 2. The molecule has 1 heterocycles. The van der Waals surface area contributed by atoms with E-state index in [9.17, 15) is 31.2 Å². The van der Waals surface area contributed by atoms with Crippen LogP contribution in [-0.2, 0) is 25.8 Å². The maximum atomic E-state index is 13.1. The Morgan fingerprint density at radius 3 is 2.46 bits per heavy atom. The first-order valence-electron chi connectivity index (χ1n) is 10.9. The lowest BCUT2D eigenvalue weighted by molar-refractivity contribution is -0.137. The van der Waals surface area contributed by atoms with Gasteiger partial charge in [-0.2, -0.15) is 18.3 Å². The third kappa shape index (κ3) is 5.50. The molecule has 35 heavy (non-hydrogen) atoms. The predicted molar refractivity (Wildman–Crippen MR) is 120 cm³/mol. The van der Waals surface area contributed by atoms with Gasteiger partial charge in [0.15, 0.2) is 5.78 Å². The number of carbonyl (C=O) groups excluding carboxylic acids is 2. The van der Waals surface area contributed by atoms with Gasteiger partial charge in [0.25, 0.3) is 0 Å². The summed E-state index contributed by atoms with van der Waals surface area (Å²) in [6.45, 7) is 2.66. The Kier molecular flexibility index (Phi) is 7.60. The fraction of sp³-hybridized carbons (Fsp3) is 0.571. The number of likely N-dealkylation sites (N-methyl/N-ethyl adjacent to an activating group) is 1. The molecule has 1 radical (unpaired) electrons. The van der Waals surface area contributed by atoms with Crippen LogP contribution in [0.5, 0.6) is 0 Å². The molecule has 193 valence electrons. The Morgan fingerprint density at radius 2 is 1.94 bits per heavy atom. The van der Waals surface area contributed by atoms with Crippen LogP contribution in [0.2, 0.25) is 0 Å². The third-order valence-electron chi connectivity index (χ3n) is 6.53. The van der Waals surface area contributed by atoms with Crippen LogP contribution in [0.15, 0.2) is 34.3 Å². The highest BCUT2D eigenvalue weighted by Crippen LogP contribution is 2.51. The number of sulfonamides is 1. The van der Waals surface area contributed by atoms with Crippen molar-refractivity contribution in [2.75, 3.05) is 20.1 Å². The second kappa shape index (κ2) is 9.84. The van der Waals surface area contributed by atoms with Crippen molar-refractivity contribution in [1.29, 1.82) is 0 Å². The highest BCUT2D eigenvalue weighted by Gasteiger charge is 2.70. The van der Waals surface area contributed by atoms with Gasteiger partial charge in [-0.1, -0.05) is 0 Å². The van der Waals surface area contributed by atoms with Gasteiger partial charge in [-0.25, -0.2) is 18.9 Å². The number of hydrogen-bond acceptors (Lipinski definition) is 7. The number of benzene rings is 1. The monoisotopic (exact) mass is 517 g/mol. The van der Waals surface area contributed by atoms with Crippen LogP contribution in [0.4, 0.5) is 13.2 Å². The molecule has 1 aliphatic carbocycles. The molecule has 0 aromatic heterocycles. The normalized spacial score (nSPS) is 28.0. The van der Waals surface area contributed by atoms with E-state index in [1.165, 1.54) is 11.8 Å². The van der Waals surface area contributed by atoms with Gasteiger partial charge in [-0.3, -0.25) is 9.59 Å². The molecule has 3 rings (SSSR count). The van der Waals surface area contributed by atoms with Crippen molar-refractivity contribution in [3.05, 3.63) is 29.8 Å². The topological polar surface area (TPSA) is 158 Å². The van der Waals surface area contributed by atoms with Crippen molar-refractivity contribution < 1.29 is 31.2 Å². The molecule has 14 heteroatoms. The molecule has 1 amide bonds. The molecular weight excluding hydrogens is 489 g/mol. The average molecular weight is 518 g/mol. The number of Topliss-reactive ketones (excluding diaryl/α,β-unsaturated/α-hetero) is 1. The van der Waals surface area contributed by atoms with E-state index in [4.69, 9.17) is 11.6 Å². The number of rotatable bonds is 8. The zero-order valence-electron chi connectivity index (χ0n) is 19.2. The minimum absolute atomic E-state index is 0.109. The summed E-state index contributed by atoms with van der Waals surface area (Å²) in [4.78, 5) is 27.3. The minimum atomic E-state index is -4.63. The molecule has 5 atom stereocenters. The predicted octanol–water partition coefficient (Wildman–Crippen LogP) is 0.364. The average Bonchev–Trinajstić information content (AvgIpc) is 3.41. The van der Waals surface area contributed by atoms with Gasteiger partial charge >= 0.3 is 6.18 Å². The van der Waals surface area contributed by atoms with E-state index in [2.05, 4.69) is 15.1 Å². The third-order valence-corrected chi connectivity index (χ3v) is 8.09. The largest absolute Gasteiger partial charge is 0.416 e. The lowest BCUT2D eigenvalue weighted by Crippen LogP contribution is -2.48. The van der Waals surface area contributed by atoms with E-state index in [0.717, 1.165) is 37.7 Å². The van der Waals surface area contributed by atoms with Crippen LogP contribution in [0, 0.1) is 11.8 Å². The van der Waals surface area contributed by atoms with Crippen LogP contribution in [0.3, 0.4) is 0 Å². The summed E-state index contributed by atoms with van der Waals surface area (Å²) < 4.78 is 65.7. The number of ketones is 1. The summed E-state index contributed by atoms with van der Waals surface area (Å²) in [7, 11) is -2.76. The standard InChI is InChI=1S/C21H28F3N6O4S/c1-12(29-35(33,34)15-7-5-13(6-8-15)21(22,23)24)18(31)16-17(20(16,25)11-28-26)19(32)30(2)14-4-3-9-27-10-14/h5-8,11-12,14,16-17,25,27,29H,3-4,9-10,26H2,1-2H3/t12-,14?,16?,17+,20?/m0/s1. The number of amides is 1. The molecule has 1 aromatic rings. The summed E-state index contributed by atoms with van der Waals surface area (Å²) >= 11 is 0. The Balaban J connectivity index is 1.75. The molecule has 2 aliphatic rings. The first kappa shape index (κ1) is 27.0. The smallest absolute Gasteiger partial charge is 0.341 e. The SMILES string of the molecule is C[C@H](NS(=O)(=O)c1ccc(C(F)(F)F)cc1)C(=O)C1[C@H](C(=O)N(C)C2CCCNC2)C1([NH])C=NN. The maximum Gasteiger partial charge on any atom is 0.416 e. The van der Waals surface area contributed by atoms with E-state index < -0.39 is 61.8 Å². The number of hydrazone groups is 1. The lowest BCUT2D eigenvalue weighted by atomic mass is 10.0. The van der Waals surface area contributed by atoms with Gasteiger partial charge in [-0.15, -0.1) is 0 Å². The highest BCUT2D eigenvalue weighted by atomic mass is 32.2. The molecule has 0 bridgehead atoms. The van der Waals surface area contributed by atoms with Gasteiger partial charge in [0.2, 0.25) is 15.9 Å². The minimum Gasteiger partial charge on any atom is -0.341 e. The van der Waals surface area contributed by atoms with Crippen LogP contribution in [0.1, 0.15) is 25.3 Å². The van der Waals surface area contributed by atoms with Crippen LogP contribution in [0.25, 0.3) is 0 Å². The van der Waals surface area contributed by atoms with Crippen LogP contribution in [-0.4, -0.2) is 69.0 Å². The summed E-state index contributed by atoms with van der Waals surface area (Å²) in [6.07, 6.45) is -1.99. The fourth-order valence-electron chi connectivity index (χ4n) is 4.45. The van der Waals surface area contributed by atoms with Crippen molar-refractivity contribution in [1.82, 2.24) is 20.7 Å². The molecule has 1 aromatic carbocycles. The first-order chi connectivity index (χ1) is 16.2. The highest BCUT2D eigenvalue weighted by molar-refractivity contribution is 7.89. The van der Waals surface area contributed by atoms with Gasteiger partial charge < -0.3 is 16.1 Å². The lowest BCUT2D eigenvalue weighted by Gasteiger charge is -2.32. The summed E-state index contributed by atoms with van der Waals surface area (Å²) in [5.41, 5.74) is 5.85. The Labute approximate surface area is 201 Å². The van der Waals surface area contributed by atoms with Crippen molar-refractivity contribution in [2.45, 2.75) is 48.5 Å². The molecule has 1 saturated heterocycles. The van der Waals surface area contributed by atoms with Crippen molar-refractivity contribution in [2.24, 2.45) is 22.8 Å². The molecule has 5 N–H and O–H groups in total. The number of nitrogens with zero attached hydrogens (tertiary/aromatic N) is 2. The molecule has 2 fully saturated rings. The van der Waals surface area contributed by atoms with Crippen molar-refractivity contribution in [3.8, 4) is 0 Å². The quantitative estimate of drug-likeness (QED) is 0.257. The van der Waals surface area contributed by atoms with E-state index in [1.54, 1.807) is 7.05 Å². The Bertz CT molecular complexity index is 1090. The second-order valence-corrected chi connectivity index (χ2v) is 10.6. The molecule has 3 unspecified atom stereocenters. The van der Waals surface area contributed by atoms with Gasteiger partial charge in [0.05, 0.1) is 33.9 Å². The van der Waals surface area contributed by atoms with E-state index in [1.807, 2.05) is 0 Å². The Hall–Kier alpha value is -2.55. The first-order valence-corrected chi connectivity index (χ1v) is 12.4. The number of alkyl halides is 3. The van der Waals surface area contributed by atoms with E-state index >= 15 is 0 Å². The second-order valence-electron chi connectivity index (χ2n) is 8.88. The van der Waals surface area contributed by atoms with Gasteiger partial charge in [0.1, 0.15) is 0 Å². The molecular formula is C21H28F3N6O4S. The molecule has 1 aliphatic heterocycles. The summed E-state index contributed by atoms with van der Waals surface area (Å²) in [5.74, 6) is 1.77. The van der Waals surface area contributed by atoms with Crippen molar-refractivity contribution >= 4 is 27.9 Å². The van der Waals surface area contributed by atoms with Crippen LogP contribution >= 0.6 is 0 Å². The van der Waals surface area contributed by atoms with Crippen molar-refractivity contribution in [3.63, 3.8) is 0 Å². The molecule has 0 spiro atoms. The number of hydrogen-bond donors (Lipinski definition) is 3. The van der Waals surface area contributed by atoms with Crippen LogP contribution < -0.4 is 21.6 Å². The summed E-state index contributed by atoms with van der Waals surface area (Å²) in [6, 6.07) is 1.35. The van der Waals surface area contributed by atoms with Gasteiger partial charge in [0, 0.05) is 25.8 Å². The molecule has 1 saturated carbocycles. The number of halogens is 3. The number of piperidine rings is 1. The molecule has 10 nitrogen and oxygen atoms in total. The summed E-state index contributed by atoms with van der Waals surface area (Å²) in [5, 5.41) is 6.53.